The molecule has 7 nitrogen and oxygen atoms in total. The molecule has 112 valence electrons. The van der Waals surface area contributed by atoms with Crippen LogP contribution in [0.25, 0.3) is 11.2 Å². The molecule has 1 aromatic carbocycles. The van der Waals surface area contributed by atoms with Crippen molar-refractivity contribution in [3.63, 3.8) is 0 Å². The Morgan fingerprint density at radius 3 is 2.86 bits per heavy atom. The van der Waals surface area contributed by atoms with Crippen LogP contribution in [0.5, 0.6) is 0 Å². The van der Waals surface area contributed by atoms with E-state index in [1.807, 2.05) is 37.3 Å². The molecule has 0 fully saturated rings. The summed E-state index contributed by atoms with van der Waals surface area (Å²) in [6, 6.07) is 9.54. The Bertz CT molecular complexity index is 772. The number of rotatable bonds is 4. The van der Waals surface area contributed by atoms with E-state index in [9.17, 15) is 4.79 Å². The van der Waals surface area contributed by atoms with Crippen molar-refractivity contribution in [1.29, 1.82) is 0 Å². The summed E-state index contributed by atoms with van der Waals surface area (Å²) in [5, 5.41) is 1.45. The molecule has 0 N–H and O–H groups in total. The van der Waals surface area contributed by atoms with Crippen LogP contribution in [0.1, 0.15) is 12.5 Å². The van der Waals surface area contributed by atoms with Gasteiger partial charge in [-0.05, 0) is 12.5 Å². The van der Waals surface area contributed by atoms with E-state index in [0.29, 0.717) is 17.7 Å². The molecular weight excluding hydrogens is 282 g/mol. The zero-order valence-electron chi connectivity index (χ0n) is 12.1. The van der Waals surface area contributed by atoms with Crippen molar-refractivity contribution in [1.82, 2.24) is 19.6 Å². The van der Waals surface area contributed by atoms with E-state index in [2.05, 4.69) is 15.0 Å². The van der Waals surface area contributed by atoms with Gasteiger partial charge in [-0.2, -0.15) is 0 Å². The van der Waals surface area contributed by atoms with Gasteiger partial charge in [0.25, 0.3) is 0 Å². The second-order valence-electron chi connectivity index (χ2n) is 4.58. The summed E-state index contributed by atoms with van der Waals surface area (Å²) >= 11 is 0. The zero-order valence-corrected chi connectivity index (χ0v) is 12.1. The van der Waals surface area contributed by atoms with E-state index in [0.717, 1.165) is 5.56 Å². The fourth-order valence-electron chi connectivity index (χ4n) is 2.10. The number of benzene rings is 1. The minimum absolute atomic E-state index is 0.222. The zero-order chi connectivity index (χ0) is 15.4. The first kappa shape index (κ1) is 14.0. The van der Waals surface area contributed by atoms with Crippen molar-refractivity contribution < 1.29 is 9.53 Å². The van der Waals surface area contributed by atoms with Gasteiger partial charge in [0, 0.05) is 6.54 Å². The lowest BCUT2D eigenvalue weighted by Gasteiger charge is -2.21. The fraction of sp³-hybridized carbons (Fsp3) is 0.200. The molecule has 0 aliphatic carbocycles. The normalized spacial score (nSPS) is 10.6. The van der Waals surface area contributed by atoms with E-state index < -0.39 is 6.09 Å². The van der Waals surface area contributed by atoms with E-state index >= 15 is 0 Å². The van der Waals surface area contributed by atoms with Gasteiger partial charge in [0.05, 0.1) is 6.20 Å². The minimum atomic E-state index is -0.450. The molecule has 2 heterocycles. The Morgan fingerprint density at radius 1 is 1.27 bits per heavy atom. The van der Waals surface area contributed by atoms with Crippen molar-refractivity contribution >= 4 is 17.3 Å². The molecule has 0 spiro atoms. The fourth-order valence-corrected chi connectivity index (χ4v) is 2.10. The van der Waals surface area contributed by atoms with Crippen LogP contribution < -0.4 is 5.01 Å². The van der Waals surface area contributed by atoms with E-state index in [1.54, 1.807) is 10.9 Å². The molecule has 22 heavy (non-hydrogen) atoms. The smallest absolute Gasteiger partial charge is 0.429 e. The molecule has 0 bridgehead atoms. The maximum Gasteiger partial charge on any atom is 0.429 e. The Balaban J connectivity index is 1.77. The summed E-state index contributed by atoms with van der Waals surface area (Å²) in [6.45, 7) is 2.52. The van der Waals surface area contributed by atoms with Gasteiger partial charge in [0.15, 0.2) is 5.65 Å². The van der Waals surface area contributed by atoms with Crippen LogP contribution in [0.15, 0.2) is 49.2 Å². The molecule has 7 heteroatoms. The van der Waals surface area contributed by atoms with E-state index in [4.69, 9.17) is 4.74 Å². The van der Waals surface area contributed by atoms with Gasteiger partial charge < -0.3 is 4.74 Å². The average Bonchev–Trinajstić information content (AvgIpc) is 2.99. The number of amides is 1. The molecule has 2 aromatic heterocycles. The number of carbonyl (C=O) groups is 1. The molecule has 0 radical (unpaired) electrons. The molecule has 1 amide bonds. The van der Waals surface area contributed by atoms with Crippen LogP contribution in [0.3, 0.4) is 0 Å². The van der Waals surface area contributed by atoms with Crippen molar-refractivity contribution in [3.8, 4) is 0 Å². The van der Waals surface area contributed by atoms with Gasteiger partial charge in [0.1, 0.15) is 24.8 Å². The second kappa shape index (κ2) is 6.21. The molecule has 0 unspecified atom stereocenters. The summed E-state index contributed by atoms with van der Waals surface area (Å²) in [4.78, 5) is 24.5. The van der Waals surface area contributed by atoms with Crippen LogP contribution in [-0.4, -0.2) is 32.3 Å². The number of imidazole rings is 1. The van der Waals surface area contributed by atoms with Crippen molar-refractivity contribution in [2.24, 2.45) is 0 Å². The quantitative estimate of drug-likeness (QED) is 0.737. The van der Waals surface area contributed by atoms with Gasteiger partial charge >= 0.3 is 6.09 Å². The Labute approximate surface area is 127 Å². The first-order chi connectivity index (χ1) is 10.8. The summed E-state index contributed by atoms with van der Waals surface area (Å²) in [5.74, 6) is 0. The second-order valence-corrected chi connectivity index (χ2v) is 4.58. The number of carbonyl (C=O) groups excluding carboxylic acids is 1. The number of hydrogen-bond acceptors (Lipinski definition) is 5. The Kier molecular flexibility index (Phi) is 3.95. The van der Waals surface area contributed by atoms with Crippen LogP contribution in [-0.2, 0) is 11.3 Å². The third kappa shape index (κ3) is 2.73. The third-order valence-corrected chi connectivity index (χ3v) is 3.18. The monoisotopic (exact) mass is 297 g/mol. The maximum absolute atomic E-state index is 12.3. The number of aromatic nitrogens is 4. The number of hydrogen-bond donors (Lipinski definition) is 0. The Hall–Kier alpha value is -2.96. The lowest BCUT2D eigenvalue weighted by Crippen LogP contribution is -2.40. The highest BCUT2D eigenvalue weighted by atomic mass is 16.6. The average molecular weight is 297 g/mol. The lowest BCUT2D eigenvalue weighted by atomic mass is 10.2. The number of ether oxygens (including phenoxy) is 1. The highest BCUT2D eigenvalue weighted by Gasteiger charge is 2.18. The summed E-state index contributed by atoms with van der Waals surface area (Å²) in [6.07, 6.45) is 4.12. The van der Waals surface area contributed by atoms with Crippen LogP contribution in [0, 0.1) is 0 Å². The third-order valence-electron chi connectivity index (χ3n) is 3.18. The highest BCUT2D eigenvalue weighted by Crippen LogP contribution is 2.10. The van der Waals surface area contributed by atoms with E-state index in [1.165, 1.54) is 17.7 Å². The van der Waals surface area contributed by atoms with Gasteiger partial charge in [0.2, 0.25) is 0 Å². The Morgan fingerprint density at radius 2 is 2.09 bits per heavy atom. The molecular formula is C15H15N5O2. The number of nitrogens with zero attached hydrogens (tertiary/aromatic N) is 5. The predicted octanol–water partition coefficient (Wildman–Crippen LogP) is 2.12. The van der Waals surface area contributed by atoms with Gasteiger partial charge in [-0.3, -0.25) is 0 Å². The molecule has 0 aliphatic heterocycles. The largest absolute Gasteiger partial charge is 0.443 e. The summed E-state index contributed by atoms with van der Waals surface area (Å²) in [5.41, 5.74) is 2.12. The topological polar surface area (TPSA) is 73.1 Å². The molecule has 0 atom stereocenters. The van der Waals surface area contributed by atoms with Crippen molar-refractivity contribution in [2.45, 2.75) is 13.5 Å². The minimum Gasteiger partial charge on any atom is -0.443 e. The molecule has 0 saturated carbocycles. The van der Waals surface area contributed by atoms with Crippen LogP contribution in [0.4, 0.5) is 4.79 Å². The van der Waals surface area contributed by atoms with E-state index in [-0.39, 0.29) is 6.61 Å². The van der Waals surface area contributed by atoms with Gasteiger partial charge in [-0.25, -0.2) is 29.4 Å². The van der Waals surface area contributed by atoms with Gasteiger partial charge in [-0.15, -0.1) is 0 Å². The highest BCUT2D eigenvalue weighted by molar-refractivity contribution is 5.81. The molecule has 3 aromatic rings. The predicted molar refractivity (Wildman–Crippen MR) is 80.7 cm³/mol. The SMILES string of the molecule is CCN(C(=O)OCc1ccccc1)n1cnc2ncncc21. The summed E-state index contributed by atoms with van der Waals surface area (Å²) < 4.78 is 6.95. The summed E-state index contributed by atoms with van der Waals surface area (Å²) in [7, 11) is 0. The first-order valence-electron chi connectivity index (χ1n) is 6.91. The number of fused-ring (bicyclic) bond motifs is 1. The van der Waals surface area contributed by atoms with Crippen molar-refractivity contribution in [3.05, 3.63) is 54.7 Å². The lowest BCUT2D eigenvalue weighted by molar-refractivity contribution is 0.141. The molecule has 0 saturated heterocycles. The molecule has 0 aliphatic rings. The van der Waals surface area contributed by atoms with Crippen LogP contribution in [0.2, 0.25) is 0 Å². The standard InChI is InChI=1S/C15H15N5O2/c1-2-19(15(21)22-9-12-6-4-3-5-7-12)20-11-18-14-13(20)8-16-10-17-14/h3-8,10-11H,2,9H2,1H3. The first-order valence-corrected chi connectivity index (χ1v) is 6.91. The molecule has 3 rings (SSSR count). The van der Waals surface area contributed by atoms with Crippen LogP contribution >= 0.6 is 0 Å². The van der Waals surface area contributed by atoms with Gasteiger partial charge in [-0.1, -0.05) is 30.3 Å². The maximum atomic E-state index is 12.3. The van der Waals surface area contributed by atoms with Crippen molar-refractivity contribution in [2.75, 3.05) is 11.6 Å².